The molecule has 0 bridgehead atoms. The quantitative estimate of drug-likeness (QED) is 0.799. The first kappa shape index (κ1) is 14.7. The number of hydrogen-bond donors (Lipinski definition) is 2. The average molecular weight is 281 g/mol. The van der Waals surface area contributed by atoms with Crippen molar-refractivity contribution >= 4 is 11.6 Å². The van der Waals surface area contributed by atoms with E-state index in [-0.39, 0.29) is 11.7 Å². The molecule has 1 aliphatic rings. The van der Waals surface area contributed by atoms with Crippen LogP contribution in [0.1, 0.15) is 12.5 Å². The van der Waals surface area contributed by atoms with Crippen molar-refractivity contribution in [1.82, 2.24) is 10.2 Å². The van der Waals surface area contributed by atoms with Gasteiger partial charge in [0, 0.05) is 30.9 Å². The number of hydrogen-bond acceptors (Lipinski definition) is 4. The van der Waals surface area contributed by atoms with Crippen molar-refractivity contribution in [2.24, 2.45) is 0 Å². The summed E-state index contributed by atoms with van der Waals surface area (Å²) in [7, 11) is 0. The van der Waals surface area contributed by atoms with Gasteiger partial charge < -0.3 is 15.8 Å². The third-order valence-electron chi connectivity index (χ3n) is 3.41. The molecule has 0 aromatic heterocycles. The molecule has 1 unspecified atom stereocenters. The van der Waals surface area contributed by atoms with Gasteiger partial charge in [0.05, 0.1) is 13.2 Å². The zero-order valence-corrected chi connectivity index (χ0v) is 11.6. The minimum atomic E-state index is -0.400. The van der Waals surface area contributed by atoms with Gasteiger partial charge in [0.1, 0.15) is 11.9 Å². The number of ether oxygens (including phenoxy) is 1. The molecule has 1 amide bonds. The molecular formula is C14H20FN3O2. The molecule has 1 aromatic carbocycles. The number of anilines is 1. The van der Waals surface area contributed by atoms with Crippen LogP contribution < -0.4 is 11.1 Å². The number of morpholine rings is 1. The molecule has 20 heavy (non-hydrogen) atoms. The van der Waals surface area contributed by atoms with Crippen LogP contribution in [-0.4, -0.2) is 43.2 Å². The van der Waals surface area contributed by atoms with Gasteiger partial charge in [-0.05, 0) is 19.1 Å². The molecule has 0 aliphatic carbocycles. The third-order valence-corrected chi connectivity index (χ3v) is 3.41. The molecule has 5 nitrogen and oxygen atoms in total. The predicted octanol–water partition coefficient (Wildman–Crippen LogP) is 0.745. The fourth-order valence-electron chi connectivity index (χ4n) is 2.31. The molecule has 0 spiro atoms. The number of rotatable bonds is 4. The molecule has 110 valence electrons. The van der Waals surface area contributed by atoms with E-state index < -0.39 is 6.04 Å². The van der Waals surface area contributed by atoms with Crippen LogP contribution in [0, 0.1) is 5.82 Å². The number of carbonyl (C=O) groups excluding carboxylic acids is 1. The summed E-state index contributed by atoms with van der Waals surface area (Å²) in [6.45, 7) is 4.16. The minimum Gasteiger partial charge on any atom is -0.398 e. The second-order valence-corrected chi connectivity index (χ2v) is 4.76. The van der Waals surface area contributed by atoms with Gasteiger partial charge in [0.15, 0.2) is 0 Å². The average Bonchev–Trinajstić information content (AvgIpc) is 2.44. The Hall–Kier alpha value is -1.66. The number of carbonyl (C=O) groups is 1. The maximum absolute atomic E-state index is 13.8. The number of benzene rings is 1. The van der Waals surface area contributed by atoms with Crippen LogP contribution in [-0.2, 0) is 16.1 Å². The second kappa shape index (κ2) is 6.67. The number of likely N-dealkylation sites (N-methyl/N-ethyl adjacent to an activating group) is 1. The Kier molecular flexibility index (Phi) is 4.92. The van der Waals surface area contributed by atoms with Gasteiger partial charge in [0.2, 0.25) is 5.91 Å². The highest BCUT2D eigenvalue weighted by Gasteiger charge is 2.29. The molecule has 1 aromatic rings. The number of nitrogen functional groups attached to an aromatic ring is 1. The van der Waals surface area contributed by atoms with E-state index >= 15 is 0 Å². The van der Waals surface area contributed by atoms with E-state index in [1.54, 1.807) is 12.1 Å². The zero-order chi connectivity index (χ0) is 14.5. The maximum Gasteiger partial charge on any atom is 0.239 e. The molecule has 1 saturated heterocycles. The molecule has 1 fully saturated rings. The van der Waals surface area contributed by atoms with Crippen molar-refractivity contribution in [2.45, 2.75) is 19.5 Å². The fraction of sp³-hybridized carbons (Fsp3) is 0.500. The molecule has 1 aliphatic heterocycles. The summed E-state index contributed by atoms with van der Waals surface area (Å²) in [6.07, 6.45) is 0. The van der Waals surface area contributed by atoms with E-state index in [2.05, 4.69) is 5.32 Å². The molecule has 3 N–H and O–H groups in total. The Morgan fingerprint density at radius 1 is 1.60 bits per heavy atom. The minimum absolute atomic E-state index is 0.0953. The van der Waals surface area contributed by atoms with Crippen molar-refractivity contribution in [2.75, 3.05) is 32.0 Å². The van der Waals surface area contributed by atoms with Crippen LogP contribution in [0.3, 0.4) is 0 Å². The lowest BCUT2D eigenvalue weighted by Gasteiger charge is -2.34. The smallest absolute Gasteiger partial charge is 0.239 e. The van der Waals surface area contributed by atoms with Crippen molar-refractivity contribution in [3.63, 3.8) is 0 Å². The van der Waals surface area contributed by atoms with Crippen molar-refractivity contribution < 1.29 is 13.9 Å². The van der Waals surface area contributed by atoms with E-state index in [1.807, 2.05) is 11.8 Å². The highest BCUT2D eigenvalue weighted by atomic mass is 19.1. The lowest BCUT2D eigenvalue weighted by atomic mass is 10.1. The van der Waals surface area contributed by atoms with E-state index in [9.17, 15) is 9.18 Å². The number of nitrogens with one attached hydrogen (secondary N) is 1. The summed E-state index contributed by atoms with van der Waals surface area (Å²) in [4.78, 5) is 13.9. The maximum atomic E-state index is 13.8. The van der Waals surface area contributed by atoms with E-state index in [1.165, 1.54) is 6.07 Å². The fourth-order valence-corrected chi connectivity index (χ4v) is 2.31. The molecular weight excluding hydrogens is 261 g/mol. The molecule has 0 radical (unpaired) electrons. The zero-order valence-electron chi connectivity index (χ0n) is 11.6. The van der Waals surface area contributed by atoms with Crippen LogP contribution in [0.25, 0.3) is 0 Å². The van der Waals surface area contributed by atoms with Gasteiger partial charge in [-0.2, -0.15) is 0 Å². The normalized spacial score (nSPS) is 19.8. The standard InChI is InChI=1S/C14H20FN3O2/c1-2-17-14(19)13-9-20-7-6-18(13)8-10-11(15)4-3-5-12(10)16/h3-5,13H,2,6-9,16H2,1H3,(H,17,19). The van der Waals surface area contributed by atoms with Crippen LogP contribution in [0.5, 0.6) is 0 Å². The second-order valence-electron chi connectivity index (χ2n) is 4.76. The topological polar surface area (TPSA) is 67.6 Å². The molecule has 2 rings (SSSR count). The van der Waals surface area contributed by atoms with E-state index in [0.717, 1.165) is 0 Å². The van der Waals surface area contributed by atoms with Crippen LogP contribution in [0.2, 0.25) is 0 Å². The first-order valence-corrected chi connectivity index (χ1v) is 6.75. The first-order chi connectivity index (χ1) is 9.63. The summed E-state index contributed by atoms with van der Waals surface area (Å²) in [6, 6.07) is 4.23. The molecule has 0 saturated carbocycles. The summed E-state index contributed by atoms with van der Waals surface area (Å²) in [5.74, 6) is -0.437. The Morgan fingerprint density at radius 2 is 2.40 bits per heavy atom. The SMILES string of the molecule is CCNC(=O)C1COCCN1Cc1c(N)cccc1F. The Bertz CT molecular complexity index is 461. The largest absolute Gasteiger partial charge is 0.398 e. The van der Waals surface area contributed by atoms with E-state index in [0.29, 0.717) is 44.1 Å². The van der Waals surface area contributed by atoms with Gasteiger partial charge in [-0.3, -0.25) is 9.69 Å². The van der Waals surface area contributed by atoms with Gasteiger partial charge in [0.25, 0.3) is 0 Å². The van der Waals surface area contributed by atoms with Crippen LogP contribution in [0.15, 0.2) is 18.2 Å². The summed E-state index contributed by atoms with van der Waals surface area (Å²) in [5.41, 5.74) is 6.66. The monoisotopic (exact) mass is 281 g/mol. The molecule has 1 atom stereocenters. The van der Waals surface area contributed by atoms with Crippen molar-refractivity contribution in [3.05, 3.63) is 29.6 Å². The van der Waals surface area contributed by atoms with Gasteiger partial charge >= 0.3 is 0 Å². The Balaban J connectivity index is 2.14. The predicted molar refractivity (Wildman–Crippen MR) is 74.5 cm³/mol. The highest BCUT2D eigenvalue weighted by molar-refractivity contribution is 5.82. The summed E-state index contributed by atoms with van der Waals surface area (Å²) >= 11 is 0. The summed E-state index contributed by atoms with van der Waals surface area (Å²) < 4.78 is 19.2. The Labute approximate surface area is 117 Å². The van der Waals surface area contributed by atoms with Gasteiger partial charge in [-0.15, -0.1) is 0 Å². The number of nitrogens with zero attached hydrogens (tertiary/aromatic N) is 1. The van der Waals surface area contributed by atoms with Crippen LogP contribution >= 0.6 is 0 Å². The number of amides is 1. The lowest BCUT2D eigenvalue weighted by molar-refractivity contribution is -0.132. The highest BCUT2D eigenvalue weighted by Crippen LogP contribution is 2.20. The van der Waals surface area contributed by atoms with Crippen LogP contribution in [0.4, 0.5) is 10.1 Å². The van der Waals surface area contributed by atoms with Crippen molar-refractivity contribution in [3.8, 4) is 0 Å². The Morgan fingerprint density at radius 3 is 3.10 bits per heavy atom. The van der Waals surface area contributed by atoms with Gasteiger partial charge in [-0.1, -0.05) is 6.07 Å². The number of halogens is 1. The van der Waals surface area contributed by atoms with Crippen molar-refractivity contribution in [1.29, 1.82) is 0 Å². The van der Waals surface area contributed by atoms with Gasteiger partial charge in [-0.25, -0.2) is 4.39 Å². The third kappa shape index (κ3) is 3.26. The number of nitrogens with two attached hydrogens (primary N) is 1. The molecule has 1 heterocycles. The first-order valence-electron chi connectivity index (χ1n) is 6.75. The summed E-state index contributed by atoms with van der Waals surface area (Å²) in [5, 5.41) is 2.77. The van der Waals surface area contributed by atoms with E-state index in [4.69, 9.17) is 10.5 Å². The molecule has 6 heteroatoms. The lowest BCUT2D eigenvalue weighted by Crippen LogP contribution is -2.53.